The van der Waals surface area contributed by atoms with Crippen LogP contribution in [0.5, 0.6) is 0 Å². The van der Waals surface area contributed by atoms with Gasteiger partial charge in [-0.25, -0.2) is 0 Å². The zero-order valence-corrected chi connectivity index (χ0v) is 10.8. The molecule has 16 heavy (non-hydrogen) atoms. The minimum Gasteiger partial charge on any atom is -0.375 e. The Bertz CT molecular complexity index is 248. The molecule has 4 nitrogen and oxygen atoms in total. The van der Waals surface area contributed by atoms with Crippen LogP contribution in [0.4, 0.5) is 0 Å². The second-order valence-electron chi connectivity index (χ2n) is 5.53. The van der Waals surface area contributed by atoms with Gasteiger partial charge in [0.15, 0.2) is 0 Å². The normalized spacial score (nSPS) is 26.9. The smallest absolute Gasteiger partial charge is 0.223 e. The van der Waals surface area contributed by atoms with Gasteiger partial charge in [-0.1, -0.05) is 0 Å². The molecule has 2 atom stereocenters. The van der Waals surface area contributed by atoms with Gasteiger partial charge in [0, 0.05) is 18.5 Å². The lowest BCUT2D eigenvalue weighted by Gasteiger charge is -2.37. The van der Waals surface area contributed by atoms with E-state index in [0.29, 0.717) is 19.6 Å². The molecule has 1 amide bonds. The first-order chi connectivity index (χ1) is 7.29. The third-order valence-electron chi connectivity index (χ3n) is 2.91. The van der Waals surface area contributed by atoms with Crippen LogP contribution in [-0.4, -0.2) is 41.6 Å². The van der Waals surface area contributed by atoms with E-state index in [0.717, 1.165) is 6.42 Å². The molecule has 2 unspecified atom stereocenters. The predicted molar refractivity (Wildman–Crippen MR) is 64.1 cm³/mol. The van der Waals surface area contributed by atoms with Crippen molar-refractivity contribution in [2.45, 2.75) is 58.2 Å². The van der Waals surface area contributed by atoms with Crippen molar-refractivity contribution >= 4 is 5.91 Å². The molecule has 1 aliphatic rings. The Balaban J connectivity index is 2.46. The highest BCUT2D eigenvalue weighted by Gasteiger charge is 2.27. The Labute approximate surface area is 98.1 Å². The van der Waals surface area contributed by atoms with Crippen LogP contribution in [0, 0.1) is 0 Å². The van der Waals surface area contributed by atoms with Crippen LogP contribution in [0.15, 0.2) is 0 Å². The fourth-order valence-electron chi connectivity index (χ4n) is 1.82. The monoisotopic (exact) mass is 228 g/mol. The van der Waals surface area contributed by atoms with Gasteiger partial charge in [-0.2, -0.15) is 0 Å². The van der Waals surface area contributed by atoms with Gasteiger partial charge in [0.2, 0.25) is 5.91 Å². The van der Waals surface area contributed by atoms with Crippen molar-refractivity contribution in [3.8, 4) is 0 Å². The number of hydrogen-bond donors (Lipinski definition) is 1. The van der Waals surface area contributed by atoms with Crippen LogP contribution in [0.25, 0.3) is 0 Å². The van der Waals surface area contributed by atoms with E-state index in [-0.39, 0.29) is 23.6 Å². The second-order valence-corrected chi connectivity index (χ2v) is 5.53. The van der Waals surface area contributed by atoms with Crippen LogP contribution in [0.1, 0.15) is 40.5 Å². The number of carbonyl (C=O) groups excluding carboxylic acids is 1. The molecule has 1 heterocycles. The summed E-state index contributed by atoms with van der Waals surface area (Å²) in [4.78, 5) is 13.9. The van der Waals surface area contributed by atoms with E-state index >= 15 is 0 Å². The Morgan fingerprint density at radius 2 is 2.12 bits per heavy atom. The first-order valence-corrected chi connectivity index (χ1v) is 5.99. The SMILES string of the molecule is CC1CN(C(=O)CCC(C)(C)N)C(C)CO1. The van der Waals surface area contributed by atoms with Crippen LogP contribution in [0.2, 0.25) is 0 Å². The molecule has 0 aliphatic carbocycles. The highest BCUT2D eigenvalue weighted by atomic mass is 16.5. The largest absolute Gasteiger partial charge is 0.375 e. The first-order valence-electron chi connectivity index (χ1n) is 5.99. The van der Waals surface area contributed by atoms with Crippen molar-refractivity contribution in [2.24, 2.45) is 5.73 Å². The molecule has 0 bridgehead atoms. The van der Waals surface area contributed by atoms with E-state index in [1.807, 2.05) is 32.6 Å². The molecule has 1 saturated heterocycles. The highest BCUT2D eigenvalue weighted by molar-refractivity contribution is 5.76. The fourth-order valence-corrected chi connectivity index (χ4v) is 1.82. The van der Waals surface area contributed by atoms with Gasteiger partial charge >= 0.3 is 0 Å². The molecule has 1 rings (SSSR count). The number of nitrogens with two attached hydrogens (primary N) is 1. The van der Waals surface area contributed by atoms with Crippen molar-refractivity contribution in [2.75, 3.05) is 13.2 Å². The molecule has 4 heteroatoms. The van der Waals surface area contributed by atoms with Gasteiger partial charge in [-0.3, -0.25) is 4.79 Å². The average molecular weight is 228 g/mol. The average Bonchev–Trinajstić information content (AvgIpc) is 2.17. The zero-order valence-electron chi connectivity index (χ0n) is 10.8. The van der Waals surface area contributed by atoms with Gasteiger partial charge in [-0.05, 0) is 34.1 Å². The molecule has 0 radical (unpaired) electrons. The summed E-state index contributed by atoms with van der Waals surface area (Å²) in [7, 11) is 0. The lowest BCUT2D eigenvalue weighted by molar-refractivity contribution is -0.143. The second kappa shape index (κ2) is 5.15. The first kappa shape index (κ1) is 13.5. The van der Waals surface area contributed by atoms with Crippen molar-refractivity contribution in [3.05, 3.63) is 0 Å². The highest BCUT2D eigenvalue weighted by Crippen LogP contribution is 2.15. The summed E-state index contributed by atoms with van der Waals surface area (Å²) < 4.78 is 5.50. The van der Waals surface area contributed by atoms with Crippen LogP contribution >= 0.6 is 0 Å². The Hall–Kier alpha value is -0.610. The molecule has 0 aromatic heterocycles. The maximum atomic E-state index is 12.0. The zero-order chi connectivity index (χ0) is 12.3. The Kier molecular flexibility index (Phi) is 4.33. The van der Waals surface area contributed by atoms with E-state index in [9.17, 15) is 4.79 Å². The third-order valence-corrected chi connectivity index (χ3v) is 2.91. The van der Waals surface area contributed by atoms with E-state index in [1.165, 1.54) is 0 Å². The van der Waals surface area contributed by atoms with Crippen molar-refractivity contribution < 1.29 is 9.53 Å². The van der Waals surface area contributed by atoms with Gasteiger partial charge in [0.25, 0.3) is 0 Å². The topological polar surface area (TPSA) is 55.6 Å². The lowest BCUT2D eigenvalue weighted by atomic mass is 9.99. The number of morpholine rings is 1. The molecular formula is C12H24N2O2. The summed E-state index contributed by atoms with van der Waals surface area (Å²) in [6.07, 6.45) is 1.40. The number of amides is 1. The number of rotatable bonds is 3. The van der Waals surface area contributed by atoms with Crippen molar-refractivity contribution in [1.29, 1.82) is 0 Å². The van der Waals surface area contributed by atoms with E-state index in [4.69, 9.17) is 10.5 Å². The minimum atomic E-state index is -0.267. The number of hydrogen-bond acceptors (Lipinski definition) is 3. The van der Waals surface area contributed by atoms with Crippen LogP contribution in [0.3, 0.4) is 0 Å². The standard InChI is InChI=1S/C12H24N2O2/c1-9-8-16-10(2)7-14(9)11(15)5-6-12(3,4)13/h9-10H,5-8,13H2,1-4H3. The Morgan fingerprint density at radius 1 is 1.50 bits per heavy atom. The third kappa shape index (κ3) is 4.10. The molecule has 0 aromatic carbocycles. The van der Waals surface area contributed by atoms with Crippen LogP contribution in [-0.2, 0) is 9.53 Å². The number of nitrogens with zero attached hydrogens (tertiary/aromatic N) is 1. The molecule has 94 valence electrons. The lowest BCUT2D eigenvalue weighted by Crippen LogP contribution is -2.50. The maximum absolute atomic E-state index is 12.0. The Morgan fingerprint density at radius 3 is 2.69 bits per heavy atom. The summed E-state index contributed by atoms with van der Waals surface area (Å²) in [5.74, 6) is 0.196. The maximum Gasteiger partial charge on any atom is 0.223 e. The summed E-state index contributed by atoms with van der Waals surface area (Å²) in [5, 5.41) is 0. The van der Waals surface area contributed by atoms with E-state index < -0.39 is 0 Å². The number of ether oxygens (including phenoxy) is 1. The van der Waals surface area contributed by atoms with E-state index in [2.05, 4.69) is 0 Å². The molecule has 0 saturated carbocycles. The summed E-state index contributed by atoms with van der Waals surface area (Å²) >= 11 is 0. The molecule has 0 aromatic rings. The summed E-state index contributed by atoms with van der Waals surface area (Å²) in [5.41, 5.74) is 5.61. The molecular weight excluding hydrogens is 204 g/mol. The summed E-state index contributed by atoms with van der Waals surface area (Å²) in [6, 6.07) is 0.185. The van der Waals surface area contributed by atoms with Crippen molar-refractivity contribution in [3.63, 3.8) is 0 Å². The van der Waals surface area contributed by atoms with Gasteiger partial charge in [0.1, 0.15) is 0 Å². The van der Waals surface area contributed by atoms with Crippen LogP contribution < -0.4 is 5.73 Å². The number of carbonyl (C=O) groups is 1. The van der Waals surface area contributed by atoms with Crippen molar-refractivity contribution in [1.82, 2.24) is 4.90 Å². The molecule has 1 fully saturated rings. The van der Waals surface area contributed by atoms with E-state index in [1.54, 1.807) is 0 Å². The van der Waals surface area contributed by atoms with Gasteiger partial charge in [0.05, 0.1) is 18.8 Å². The fraction of sp³-hybridized carbons (Fsp3) is 0.917. The quantitative estimate of drug-likeness (QED) is 0.788. The van der Waals surface area contributed by atoms with Gasteiger partial charge < -0.3 is 15.4 Å². The summed E-state index contributed by atoms with van der Waals surface area (Å²) in [6.45, 7) is 9.26. The predicted octanol–water partition coefficient (Wildman–Crippen LogP) is 1.14. The minimum absolute atomic E-state index is 0.144. The molecule has 2 N–H and O–H groups in total. The molecule has 0 spiro atoms. The molecule has 1 aliphatic heterocycles. The van der Waals surface area contributed by atoms with Gasteiger partial charge in [-0.15, -0.1) is 0 Å².